The van der Waals surface area contributed by atoms with Crippen molar-refractivity contribution in [2.75, 3.05) is 20.8 Å². The standard InChI is InChI=1S/C27H26N2O7S/c1-6-35-26(32)23-15(2)28-27-29(24(23)18-8-10-19(33-4)11-9-18)25(31)22(37-27)14-17-7-12-20(36-16(3)30)21(13-17)34-5/h7-14,24H,6H2,1-5H3/b22-14-. The van der Waals surface area contributed by atoms with Crippen molar-refractivity contribution >= 4 is 29.4 Å². The fourth-order valence-corrected chi connectivity index (χ4v) is 5.10. The van der Waals surface area contributed by atoms with Crippen LogP contribution < -0.4 is 29.1 Å². The highest BCUT2D eigenvalue weighted by atomic mass is 32.1. The van der Waals surface area contributed by atoms with Gasteiger partial charge in [-0.2, -0.15) is 0 Å². The van der Waals surface area contributed by atoms with Crippen LogP contribution in [0.25, 0.3) is 6.08 Å². The van der Waals surface area contributed by atoms with Crippen LogP contribution in [0.4, 0.5) is 0 Å². The zero-order valence-electron chi connectivity index (χ0n) is 21.1. The van der Waals surface area contributed by atoms with Crippen LogP contribution in [0.15, 0.2) is 63.5 Å². The molecular weight excluding hydrogens is 496 g/mol. The van der Waals surface area contributed by atoms with E-state index in [9.17, 15) is 14.4 Å². The number of allylic oxidation sites excluding steroid dienone is 1. The minimum absolute atomic E-state index is 0.195. The Bertz CT molecular complexity index is 1570. The number of aromatic nitrogens is 1. The molecule has 1 unspecified atom stereocenters. The lowest BCUT2D eigenvalue weighted by molar-refractivity contribution is -0.139. The summed E-state index contributed by atoms with van der Waals surface area (Å²) in [4.78, 5) is 43.1. The fraction of sp³-hybridized carbons (Fsp3) is 0.259. The Morgan fingerprint density at radius 3 is 2.43 bits per heavy atom. The minimum atomic E-state index is -0.718. The van der Waals surface area contributed by atoms with Crippen molar-refractivity contribution in [3.8, 4) is 17.2 Å². The smallest absolute Gasteiger partial charge is 0.338 e. The Morgan fingerprint density at radius 2 is 1.81 bits per heavy atom. The highest BCUT2D eigenvalue weighted by Gasteiger charge is 2.33. The number of carbonyl (C=O) groups is 2. The molecule has 4 rings (SSSR count). The van der Waals surface area contributed by atoms with Crippen molar-refractivity contribution in [3.05, 3.63) is 84.5 Å². The number of benzene rings is 2. The summed E-state index contributed by atoms with van der Waals surface area (Å²) >= 11 is 1.21. The van der Waals surface area contributed by atoms with Crippen molar-refractivity contribution < 1.29 is 28.5 Å². The van der Waals surface area contributed by atoms with Crippen LogP contribution >= 0.6 is 11.3 Å². The molecule has 37 heavy (non-hydrogen) atoms. The molecule has 10 heteroatoms. The topological polar surface area (TPSA) is 105 Å². The lowest BCUT2D eigenvalue weighted by atomic mass is 9.96. The van der Waals surface area contributed by atoms with E-state index < -0.39 is 18.0 Å². The van der Waals surface area contributed by atoms with Crippen molar-refractivity contribution in [1.82, 2.24) is 4.57 Å². The molecule has 1 atom stereocenters. The summed E-state index contributed by atoms with van der Waals surface area (Å²) in [7, 11) is 3.04. The molecular formula is C27H26N2O7S. The van der Waals surface area contributed by atoms with E-state index in [1.165, 1.54) is 29.9 Å². The summed E-state index contributed by atoms with van der Waals surface area (Å²) in [6, 6.07) is 11.5. The van der Waals surface area contributed by atoms with Crippen LogP contribution in [0.3, 0.4) is 0 Å². The number of thiazole rings is 1. The molecule has 0 radical (unpaired) electrons. The predicted molar refractivity (Wildman–Crippen MR) is 138 cm³/mol. The third-order valence-corrected chi connectivity index (χ3v) is 6.67. The van der Waals surface area contributed by atoms with Gasteiger partial charge in [0, 0.05) is 6.92 Å². The Labute approximate surface area is 216 Å². The maximum absolute atomic E-state index is 13.7. The molecule has 0 bridgehead atoms. The van der Waals surface area contributed by atoms with Gasteiger partial charge in [0.2, 0.25) is 0 Å². The van der Waals surface area contributed by atoms with Gasteiger partial charge >= 0.3 is 11.9 Å². The number of esters is 2. The first-order valence-electron chi connectivity index (χ1n) is 11.5. The summed E-state index contributed by atoms with van der Waals surface area (Å²) in [5.41, 5.74) is 1.87. The first kappa shape index (κ1) is 25.9. The molecule has 0 N–H and O–H groups in total. The average molecular weight is 523 g/mol. The summed E-state index contributed by atoms with van der Waals surface area (Å²) in [6.45, 7) is 4.96. The second kappa shape index (κ2) is 10.8. The lowest BCUT2D eigenvalue weighted by Gasteiger charge is -2.24. The molecule has 1 aliphatic rings. The van der Waals surface area contributed by atoms with E-state index in [0.29, 0.717) is 37.7 Å². The summed E-state index contributed by atoms with van der Waals surface area (Å²) in [5.74, 6) is 0.298. The van der Waals surface area contributed by atoms with E-state index in [2.05, 4.69) is 4.99 Å². The van der Waals surface area contributed by atoms with Gasteiger partial charge in [-0.15, -0.1) is 0 Å². The van der Waals surface area contributed by atoms with Crippen LogP contribution in [0.1, 0.15) is 37.9 Å². The molecule has 1 aromatic heterocycles. The first-order chi connectivity index (χ1) is 17.8. The molecule has 0 amide bonds. The van der Waals surface area contributed by atoms with Gasteiger partial charge in [0.25, 0.3) is 5.56 Å². The van der Waals surface area contributed by atoms with Gasteiger partial charge in [-0.1, -0.05) is 29.5 Å². The zero-order chi connectivity index (χ0) is 26.7. The van der Waals surface area contributed by atoms with Gasteiger partial charge in [0.15, 0.2) is 16.3 Å². The highest BCUT2D eigenvalue weighted by molar-refractivity contribution is 7.07. The number of nitrogens with zero attached hydrogens (tertiary/aromatic N) is 2. The van der Waals surface area contributed by atoms with Crippen molar-refractivity contribution in [2.24, 2.45) is 4.99 Å². The normalized spacial score (nSPS) is 15.1. The molecule has 0 spiro atoms. The van der Waals surface area contributed by atoms with Crippen LogP contribution in [-0.2, 0) is 14.3 Å². The quantitative estimate of drug-likeness (QED) is 0.347. The Kier molecular flexibility index (Phi) is 7.58. The SMILES string of the molecule is CCOC(=O)C1=C(C)N=c2s/c(=C\c3ccc(OC(C)=O)c(OC)c3)c(=O)n2C1c1ccc(OC)cc1. The summed E-state index contributed by atoms with van der Waals surface area (Å²) in [6.07, 6.45) is 1.71. The maximum atomic E-state index is 13.7. The Hall–Kier alpha value is -4.18. The van der Waals surface area contributed by atoms with Crippen LogP contribution in [0, 0.1) is 0 Å². The molecule has 2 aromatic carbocycles. The zero-order valence-corrected chi connectivity index (χ0v) is 21.9. The molecule has 0 fully saturated rings. The fourth-order valence-electron chi connectivity index (χ4n) is 4.06. The number of hydrogen-bond donors (Lipinski definition) is 0. The number of fused-ring (bicyclic) bond motifs is 1. The van der Waals surface area contributed by atoms with Crippen LogP contribution in [0.2, 0.25) is 0 Å². The van der Waals surface area contributed by atoms with Crippen LogP contribution in [-0.4, -0.2) is 37.3 Å². The van der Waals surface area contributed by atoms with Crippen molar-refractivity contribution in [3.63, 3.8) is 0 Å². The highest BCUT2D eigenvalue weighted by Crippen LogP contribution is 2.32. The van der Waals surface area contributed by atoms with E-state index in [-0.39, 0.29) is 17.9 Å². The molecule has 2 heterocycles. The minimum Gasteiger partial charge on any atom is -0.497 e. The van der Waals surface area contributed by atoms with Gasteiger partial charge < -0.3 is 18.9 Å². The third-order valence-electron chi connectivity index (χ3n) is 5.69. The maximum Gasteiger partial charge on any atom is 0.338 e. The van der Waals surface area contributed by atoms with E-state index in [1.807, 2.05) is 12.1 Å². The number of rotatable bonds is 7. The van der Waals surface area contributed by atoms with E-state index in [4.69, 9.17) is 18.9 Å². The lowest BCUT2D eigenvalue weighted by Crippen LogP contribution is -2.39. The van der Waals surface area contributed by atoms with E-state index >= 15 is 0 Å². The van der Waals surface area contributed by atoms with Gasteiger partial charge in [0.05, 0.1) is 42.7 Å². The van der Waals surface area contributed by atoms with Gasteiger partial charge in [-0.25, -0.2) is 9.79 Å². The number of ether oxygens (including phenoxy) is 4. The first-order valence-corrected chi connectivity index (χ1v) is 12.3. The summed E-state index contributed by atoms with van der Waals surface area (Å²) < 4.78 is 23.0. The predicted octanol–water partition coefficient (Wildman–Crippen LogP) is 2.74. The molecule has 0 saturated heterocycles. The van der Waals surface area contributed by atoms with Crippen LogP contribution in [0.5, 0.6) is 17.2 Å². The molecule has 3 aromatic rings. The molecule has 0 aliphatic carbocycles. The molecule has 1 aliphatic heterocycles. The van der Waals surface area contributed by atoms with Gasteiger partial charge in [-0.3, -0.25) is 14.2 Å². The number of carbonyl (C=O) groups excluding carboxylic acids is 2. The Morgan fingerprint density at radius 1 is 1.08 bits per heavy atom. The average Bonchev–Trinajstić information content (AvgIpc) is 3.18. The van der Waals surface area contributed by atoms with E-state index in [1.54, 1.807) is 57.4 Å². The Balaban J connectivity index is 1.88. The summed E-state index contributed by atoms with van der Waals surface area (Å²) in [5, 5.41) is 0. The largest absolute Gasteiger partial charge is 0.497 e. The molecule has 0 saturated carbocycles. The van der Waals surface area contributed by atoms with Crippen molar-refractivity contribution in [2.45, 2.75) is 26.8 Å². The number of hydrogen-bond acceptors (Lipinski definition) is 9. The van der Waals surface area contributed by atoms with Gasteiger partial charge in [-0.05, 0) is 55.3 Å². The monoisotopic (exact) mass is 522 g/mol. The van der Waals surface area contributed by atoms with Gasteiger partial charge in [0.1, 0.15) is 5.75 Å². The van der Waals surface area contributed by atoms with Crippen molar-refractivity contribution in [1.29, 1.82) is 0 Å². The molecule has 9 nitrogen and oxygen atoms in total. The number of methoxy groups -OCH3 is 2. The van der Waals surface area contributed by atoms with E-state index in [0.717, 1.165) is 5.56 Å². The third kappa shape index (κ3) is 5.19. The molecule has 192 valence electrons. The second-order valence-corrected chi connectivity index (χ2v) is 9.09. The second-order valence-electron chi connectivity index (χ2n) is 8.08.